The van der Waals surface area contributed by atoms with Crippen molar-refractivity contribution in [1.29, 1.82) is 0 Å². The molecule has 0 saturated carbocycles. The lowest BCUT2D eigenvalue weighted by molar-refractivity contribution is -0.151. The third kappa shape index (κ3) is 14.1. The van der Waals surface area contributed by atoms with Crippen LogP contribution in [0.4, 0.5) is 4.79 Å². The normalized spacial score (nSPS) is 23.0. The largest absolute Gasteiger partial charge is 0.489 e. The van der Waals surface area contributed by atoms with Gasteiger partial charge >= 0.3 is 6.09 Å². The number of aryl methyl sites for hydroxylation is 1. The molecule has 5 aromatic carbocycles. The van der Waals surface area contributed by atoms with Crippen molar-refractivity contribution in [3.05, 3.63) is 173 Å². The highest BCUT2D eigenvalue weighted by Crippen LogP contribution is 2.30. The van der Waals surface area contributed by atoms with E-state index in [1.54, 1.807) is 18.3 Å². The molecule has 0 radical (unpaired) electrons. The van der Waals surface area contributed by atoms with Crippen LogP contribution in [-0.2, 0) is 72.3 Å². The van der Waals surface area contributed by atoms with Crippen LogP contribution in [0.1, 0.15) is 46.2 Å². The summed E-state index contributed by atoms with van der Waals surface area (Å²) in [7, 11) is 0. The summed E-state index contributed by atoms with van der Waals surface area (Å²) in [6.07, 6.45) is 0.329. The van der Waals surface area contributed by atoms with Gasteiger partial charge in [0.15, 0.2) is 0 Å². The minimum atomic E-state index is -1.29. The zero-order valence-electron chi connectivity index (χ0n) is 45.7. The number of amides is 7. The molecular formula is C62H71N11O9. The molecule has 82 heavy (non-hydrogen) atoms. The summed E-state index contributed by atoms with van der Waals surface area (Å²) < 4.78 is 11.9. The number of piperazine rings is 1. The van der Waals surface area contributed by atoms with Crippen LogP contribution in [-0.4, -0.2) is 156 Å². The van der Waals surface area contributed by atoms with Gasteiger partial charge in [-0.25, -0.2) is 4.79 Å². The van der Waals surface area contributed by atoms with E-state index in [4.69, 9.17) is 15.2 Å². The Balaban J connectivity index is 1.05. The maximum absolute atomic E-state index is 15.8. The highest BCUT2D eigenvalue weighted by molar-refractivity contribution is 5.99. The molecule has 20 nitrogen and oxygen atoms in total. The Morgan fingerprint density at radius 2 is 1.27 bits per heavy atom. The van der Waals surface area contributed by atoms with Crippen molar-refractivity contribution in [3.63, 3.8) is 0 Å². The first kappa shape index (κ1) is 56.7. The summed E-state index contributed by atoms with van der Waals surface area (Å²) in [5, 5.41) is 18.8. The lowest BCUT2D eigenvalue weighted by Crippen LogP contribution is -2.64. The van der Waals surface area contributed by atoms with Crippen molar-refractivity contribution >= 4 is 52.4 Å². The van der Waals surface area contributed by atoms with Gasteiger partial charge in [0.2, 0.25) is 35.4 Å². The highest BCUT2D eigenvalue weighted by Gasteiger charge is 2.48. The van der Waals surface area contributed by atoms with Gasteiger partial charge in [-0.15, -0.1) is 0 Å². The fourth-order valence-corrected chi connectivity index (χ4v) is 11.4. The first-order chi connectivity index (χ1) is 40.0. The van der Waals surface area contributed by atoms with Gasteiger partial charge in [0, 0.05) is 95.1 Å². The van der Waals surface area contributed by atoms with E-state index in [2.05, 4.69) is 41.8 Å². The van der Waals surface area contributed by atoms with E-state index in [1.807, 2.05) is 121 Å². The Hall–Kier alpha value is -8.59. The molecule has 6 aromatic rings. The molecule has 1 unspecified atom stereocenters. The molecule has 7 amide bonds. The number of fused-ring (bicyclic) bond motifs is 4. The topological polar surface area (TPSA) is 262 Å². The number of hydrogen-bond donors (Lipinski definition) is 8. The molecule has 0 spiro atoms. The number of nitrogens with one attached hydrogen (secondary N) is 7. The Morgan fingerprint density at radius 1 is 0.622 bits per heavy atom. The minimum Gasteiger partial charge on any atom is -0.489 e. The van der Waals surface area contributed by atoms with E-state index in [0.29, 0.717) is 56.1 Å². The number of benzene rings is 5. The molecule has 4 aliphatic rings. The molecule has 5 heterocycles. The van der Waals surface area contributed by atoms with Gasteiger partial charge in [-0.1, -0.05) is 115 Å². The van der Waals surface area contributed by atoms with Crippen LogP contribution in [0.3, 0.4) is 0 Å². The summed E-state index contributed by atoms with van der Waals surface area (Å²) in [5.41, 5.74) is 11.3. The minimum absolute atomic E-state index is 0.0109. The fraction of sp³-hybridized carbons (Fsp3) is 0.371. The van der Waals surface area contributed by atoms with Gasteiger partial charge in [-0.3, -0.25) is 33.7 Å². The number of alkyl carbamates (subject to hydrolysis) is 1. The lowest BCUT2D eigenvalue weighted by atomic mass is 9.91. The second-order valence-electron chi connectivity index (χ2n) is 21.4. The predicted octanol–water partition coefficient (Wildman–Crippen LogP) is 2.63. The molecule has 1 aromatic heterocycles. The number of rotatable bonds is 15. The molecule has 428 valence electrons. The predicted molar refractivity (Wildman–Crippen MR) is 307 cm³/mol. The molecule has 9 N–H and O–H groups in total. The number of carbonyl (C=O) groups excluding carboxylic acids is 7. The first-order valence-electron chi connectivity index (χ1n) is 28.3. The van der Waals surface area contributed by atoms with E-state index in [1.165, 1.54) is 9.80 Å². The smallest absolute Gasteiger partial charge is 0.407 e. The van der Waals surface area contributed by atoms with Crippen LogP contribution < -0.4 is 42.4 Å². The molecule has 10 rings (SSSR count). The number of nitrogens with two attached hydrogens (primary N) is 1. The van der Waals surface area contributed by atoms with Crippen molar-refractivity contribution in [2.75, 3.05) is 52.4 Å². The fourth-order valence-electron chi connectivity index (χ4n) is 11.4. The van der Waals surface area contributed by atoms with E-state index < -0.39 is 83.9 Å². The third-order valence-electron chi connectivity index (χ3n) is 15.8. The van der Waals surface area contributed by atoms with Crippen molar-refractivity contribution in [2.45, 2.75) is 94.0 Å². The maximum atomic E-state index is 15.8. The van der Waals surface area contributed by atoms with Gasteiger partial charge in [0.1, 0.15) is 54.7 Å². The second-order valence-corrected chi connectivity index (χ2v) is 21.4. The number of para-hydroxylation sites is 1. The van der Waals surface area contributed by atoms with Gasteiger partial charge in [-0.05, 0) is 64.4 Å². The summed E-state index contributed by atoms with van der Waals surface area (Å²) in [4.78, 5) is 114. The maximum Gasteiger partial charge on any atom is 0.407 e. The number of aromatic amines is 1. The van der Waals surface area contributed by atoms with Gasteiger partial charge in [0.25, 0.3) is 0 Å². The Kier molecular flexibility index (Phi) is 18.5. The summed E-state index contributed by atoms with van der Waals surface area (Å²) in [6.45, 7) is 2.85. The van der Waals surface area contributed by atoms with Crippen LogP contribution >= 0.6 is 0 Å². The quantitative estimate of drug-likeness (QED) is 0.0739. The van der Waals surface area contributed by atoms with Crippen LogP contribution in [0, 0.1) is 0 Å². The molecular weight excluding hydrogens is 1040 g/mol. The van der Waals surface area contributed by atoms with Gasteiger partial charge in [-0.2, -0.15) is 0 Å². The van der Waals surface area contributed by atoms with Gasteiger partial charge in [0.05, 0.1) is 6.54 Å². The van der Waals surface area contributed by atoms with E-state index in [-0.39, 0.29) is 64.8 Å². The molecule has 0 bridgehead atoms. The Bertz CT molecular complexity index is 3210. The standard InChI is InChI=1S/C62H71N11O9/c63-25-26-65-62(80)82-47-34-54-59(77)67-50(24-21-40-11-3-1-4-12-40)56(74)68-51(32-45-35-66-49-18-10-9-17-48(45)49)57(75)70-53(38-71-29-27-64-28-30-71)58(76)69-52(31-41-19-22-46(23-20-41)81-39-42-13-5-2-6-14-42)60(78)72-36-44-16-8-7-15-43(44)33-55(72)61(79)73(54)37-47/h1-20,22-23,35,47,50-55,64,66H,21,24-34,36-39,63H2,(H,65,80)(H,67,77)(H,68,74)(H,69,76)(H,70,75)/t47-,50-,51-,52+,53?,54+,55+/m1/s1. The average Bonchev–Trinajstić information content (AvgIpc) is 4.30. The SMILES string of the molecule is NCCNC(=O)O[C@@H]1C[C@H]2C(=O)N[C@H](CCc3ccccc3)C(=O)N[C@H](Cc3c[nH]c4ccccc34)C(=O)NC(CN3CCNCC3)C(=O)N[C@@H](Cc3ccc(OCc4ccccc4)cc3)C(=O)N3Cc4ccccc4C[C@H]3C(=O)N2C1. The number of ether oxygens (including phenoxy) is 2. The van der Waals surface area contributed by atoms with E-state index >= 15 is 28.8 Å². The summed E-state index contributed by atoms with van der Waals surface area (Å²) in [5.74, 6) is -3.24. The Morgan fingerprint density at radius 3 is 2.02 bits per heavy atom. The Labute approximate surface area is 476 Å². The van der Waals surface area contributed by atoms with Crippen molar-refractivity contribution < 1.29 is 43.0 Å². The molecule has 4 aliphatic heterocycles. The summed E-state index contributed by atoms with van der Waals surface area (Å²) >= 11 is 0. The number of hydrogen-bond acceptors (Lipinski definition) is 12. The molecule has 7 atom stereocenters. The number of H-pyrrole nitrogens is 1. The monoisotopic (exact) mass is 1110 g/mol. The summed E-state index contributed by atoms with van der Waals surface area (Å²) in [6, 6.07) is 33.9. The zero-order valence-corrected chi connectivity index (χ0v) is 45.7. The van der Waals surface area contributed by atoms with Crippen molar-refractivity contribution in [2.24, 2.45) is 5.73 Å². The average molecular weight is 1110 g/mol. The second kappa shape index (κ2) is 26.8. The van der Waals surface area contributed by atoms with Crippen molar-refractivity contribution in [3.8, 4) is 5.75 Å². The van der Waals surface area contributed by atoms with Gasteiger partial charge < -0.3 is 61.9 Å². The van der Waals surface area contributed by atoms with Crippen LogP contribution in [0.15, 0.2) is 140 Å². The number of carbonyl (C=O) groups is 7. The van der Waals surface area contributed by atoms with Crippen LogP contribution in [0.5, 0.6) is 5.75 Å². The first-order valence-corrected chi connectivity index (χ1v) is 28.3. The highest BCUT2D eigenvalue weighted by atomic mass is 16.6. The molecule has 3 fully saturated rings. The van der Waals surface area contributed by atoms with E-state index in [0.717, 1.165) is 33.2 Å². The molecule has 3 saturated heterocycles. The van der Waals surface area contributed by atoms with Crippen molar-refractivity contribution in [1.82, 2.24) is 51.6 Å². The number of aromatic nitrogens is 1. The lowest BCUT2D eigenvalue weighted by Gasteiger charge is -2.40. The third-order valence-corrected chi connectivity index (χ3v) is 15.8. The zero-order chi connectivity index (χ0) is 57.0. The van der Waals surface area contributed by atoms with E-state index in [9.17, 15) is 4.79 Å². The molecule has 0 aliphatic carbocycles. The van der Waals surface area contributed by atoms with Crippen LogP contribution in [0.2, 0.25) is 0 Å². The molecule has 20 heteroatoms. The van der Waals surface area contributed by atoms with Crippen LogP contribution in [0.25, 0.3) is 10.9 Å². The number of nitrogens with zero attached hydrogens (tertiary/aromatic N) is 3.